The lowest BCUT2D eigenvalue weighted by atomic mass is 10.0. The molecule has 2 aliphatic rings. The van der Waals surface area contributed by atoms with Crippen molar-refractivity contribution < 1.29 is 28.7 Å². The first-order valence-corrected chi connectivity index (χ1v) is 15.0. The normalized spacial score (nSPS) is 17.9. The van der Waals surface area contributed by atoms with Gasteiger partial charge in [-0.15, -0.1) is 23.1 Å². The maximum Gasteiger partial charge on any atom is 0.357 e. The van der Waals surface area contributed by atoms with E-state index in [2.05, 4.69) is 27.3 Å². The number of amides is 2. The minimum atomic E-state index is -0.939. The van der Waals surface area contributed by atoms with Crippen molar-refractivity contribution in [2.24, 2.45) is 5.16 Å². The van der Waals surface area contributed by atoms with Gasteiger partial charge in [0.25, 0.3) is 11.8 Å². The second-order valence-corrected chi connectivity index (χ2v) is 11.2. The Hall–Kier alpha value is -4.64. The molecule has 0 spiro atoms. The average molecular weight is 618 g/mol. The monoisotopic (exact) mass is 617 g/mol. The van der Waals surface area contributed by atoms with Crippen molar-refractivity contribution in [3.05, 3.63) is 94.1 Å². The number of carbonyl (C=O) groups is 3. The van der Waals surface area contributed by atoms with E-state index in [9.17, 15) is 14.4 Å². The van der Waals surface area contributed by atoms with E-state index < -0.39 is 35.3 Å². The number of esters is 1. The van der Waals surface area contributed by atoms with Crippen LogP contribution in [0.1, 0.15) is 22.9 Å². The largest absolute Gasteiger partial charge is 0.448 e. The summed E-state index contributed by atoms with van der Waals surface area (Å²) in [6, 6.07) is 17.7. The number of thioether (sulfide) groups is 1. The topological polar surface area (TPSA) is 145 Å². The van der Waals surface area contributed by atoms with Gasteiger partial charge >= 0.3 is 5.97 Å². The third-order valence-electron chi connectivity index (χ3n) is 6.50. The fraction of sp³-hybridized carbons (Fsp3) is 0.233. The Kier molecular flexibility index (Phi) is 9.41. The number of thiazole rings is 1. The number of oxime groups is 1. The van der Waals surface area contributed by atoms with Gasteiger partial charge < -0.3 is 25.4 Å². The van der Waals surface area contributed by atoms with Crippen LogP contribution < -0.4 is 11.1 Å². The third kappa shape index (κ3) is 6.41. The van der Waals surface area contributed by atoms with Crippen LogP contribution in [-0.4, -0.2) is 71.4 Å². The zero-order chi connectivity index (χ0) is 30.3. The van der Waals surface area contributed by atoms with Crippen molar-refractivity contribution in [1.82, 2.24) is 15.2 Å². The van der Waals surface area contributed by atoms with Crippen molar-refractivity contribution in [3.63, 3.8) is 0 Å². The molecule has 13 heteroatoms. The Balaban J connectivity index is 1.42. The number of nitrogens with two attached hydrogens (primary N) is 1. The molecule has 1 saturated heterocycles. The van der Waals surface area contributed by atoms with Gasteiger partial charge in [0.2, 0.25) is 0 Å². The third-order valence-corrected chi connectivity index (χ3v) is 8.45. The summed E-state index contributed by atoms with van der Waals surface area (Å²) in [6.45, 7) is 0.145. The number of β-lactam (4-membered cyclic amide) rings is 1. The SMILES string of the molecule is COCC#CC1=C(C(=O)OC(c2ccccc2)c2ccccc2)N2C(=O)[C@@H](NC(=O)/C(=N\OC)c3csc(N)n3)[C@H]2SC1. The molecular weight excluding hydrogens is 590 g/mol. The number of nitrogens with zero attached hydrogens (tertiary/aromatic N) is 3. The van der Waals surface area contributed by atoms with Crippen LogP contribution in [0.3, 0.4) is 0 Å². The molecule has 2 aliphatic heterocycles. The molecule has 1 aromatic heterocycles. The first-order valence-electron chi connectivity index (χ1n) is 13.0. The maximum absolute atomic E-state index is 13.9. The zero-order valence-electron chi connectivity index (χ0n) is 23.2. The standard InChI is InChI=1S/C30H27N5O6S2/c1-39-15-9-14-20-16-42-28-23(33-26(36)22(34-40-2)21-17-43-30(31)32-21)27(37)35(28)24(20)29(38)41-25(18-10-5-3-6-11-18)19-12-7-4-8-13-19/h3-8,10-13,17,23,25,28H,15-16H2,1-2H3,(H2,31,32)(H,33,36)/b34-22-/t23-,28-/m1/s1. The van der Waals surface area contributed by atoms with Gasteiger partial charge in [0.05, 0.1) is 0 Å². The lowest BCUT2D eigenvalue weighted by Gasteiger charge is -2.49. The van der Waals surface area contributed by atoms with Crippen molar-refractivity contribution in [2.75, 3.05) is 32.3 Å². The molecule has 3 aromatic rings. The lowest BCUT2D eigenvalue weighted by molar-refractivity contribution is -0.154. The second kappa shape index (κ2) is 13.6. The number of hydrogen-bond acceptors (Lipinski definition) is 11. The summed E-state index contributed by atoms with van der Waals surface area (Å²) in [5.74, 6) is 4.29. The highest BCUT2D eigenvalue weighted by atomic mass is 32.2. The fourth-order valence-electron chi connectivity index (χ4n) is 4.57. The molecule has 1 fully saturated rings. The summed E-state index contributed by atoms with van der Waals surface area (Å²) in [7, 11) is 2.81. The van der Waals surface area contributed by atoms with E-state index in [0.29, 0.717) is 11.3 Å². The number of nitrogens with one attached hydrogen (secondary N) is 1. The van der Waals surface area contributed by atoms with Crippen molar-refractivity contribution in [1.29, 1.82) is 0 Å². The van der Waals surface area contributed by atoms with Gasteiger partial charge in [0, 0.05) is 23.8 Å². The molecule has 2 atom stereocenters. The number of nitrogen functional groups attached to an aromatic ring is 1. The van der Waals surface area contributed by atoms with Crippen LogP contribution in [0.15, 0.2) is 82.5 Å². The minimum absolute atomic E-state index is 0.0396. The van der Waals surface area contributed by atoms with Crippen LogP contribution in [0.2, 0.25) is 0 Å². The summed E-state index contributed by atoms with van der Waals surface area (Å²) < 4.78 is 11.2. The van der Waals surface area contributed by atoms with Crippen LogP contribution in [-0.2, 0) is 28.7 Å². The van der Waals surface area contributed by atoms with E-state index in [-0.39, 0.29) is 28.8 Å². The molecule has 5 rings (SSSR count). The molecule has 0 bridgehead atoms. The highest BCUT2D eigenvalue weighted by molar-refractivity contribution is 8.00. The number of carbonyl (C=O) groups excluding carboxylic acids is 3. The van der Waals surface area contributed by atoms with E-state index in [0.717, 1.165) is 22.5 Å². The first kappa shape index (κ1) is 29.8. The number of anilines is 1. The molecule has 0 radical (unpaired) electrons. The molecule has 0 unspecified atom stereocenters. The van der Waals surface area contributed by atoms with Crippen molar-refractivity contribution in [3.8, 4) is 11.8 Å². The Morgan fingerprint density at radius 3 is 2.40 bits per heavy atom. The van der Waals surface area contributed by atoms with Crippen LogP contribution in [0.5, 0.6) is 0 Å². The van der Waals surface area contributed by atoms with E-state index >= 15 is 0 Å². The number of benzene rings is 2. The average Bonchev–Trinajstić information content (AvgIpc) is 3.47. The van der Waals surface area contributed by atoms with Gasteiger partial charge in [-0.1, -0.05) is 77.7 Å². The van der Waals surface area contributed by atoms with E-state index in [4.69, 9.17) is 20.0 Å². The van der Waals surface area contributed by atoms with Crippen molar-refractivity contribution >= 4 is 51.7 Å². The molecule has 0 aliphatic carbocycles. The number of hydrogen-bond donors (Lipinski definition) is 2. The molecule has 43 heavy (non-hydrogen) atoms. The Bertz CT molecular complexity index is 1590. The summed E-state index contributed by atoms with van der Waals surface area (Å²) in [5.41, 5.74) is 7.81. The number of ether oxygens (including phenoxy) is 2. The number of fused-ring (bicyclic) bond motifs is 1. The highest BCUT2D eigenvalue weighted by Gasteiger charge is 2.55. The lowest BCUT2D eigenvalue weighted by Crippen LogP contribution is -2.71. The van der Waals surface area contributed by atoms with Crippen LogP contribution in [0, 0.1) is 11.8 Å². The Morgan fingerprint density at radius 1 is 1.14 bits per heavy atom. The highest BCUT2D eigenvalue weighted by Crippen LogP contribution is 2.41. The number of methoxy groups -OCH3 is 1. The van der Waals surface area contributed by atoms with E-state index in [1.54, 1.807) is 5.38 Å². The summed E-state index contributed by atoms with van der Waals surface area (Å²) in [4.78, 5) is 50.9. The first-order chi connectivity index (χ1) is 20.9. The van der Waals surface area contributed by atoms with Gasteiger partial charge in [-0.25, -0.2) is 9.78 Å². The molecule has 220 valence electrons. The molecule has 3 heterocycles. The van der Waals surface area contributed by atoms with E-state index in [1.165, 1.54) is 30.9 Å². The number of rotatable bonds is 9. The summed E-state index contributed by atoms with van der Waals surface area (Å²) in [5, 5.41) is 7.73. The Labute approximate surface area is 256 Å². The van der Waals surface area contributed by atoms with Gasteiger partial charge in [-0.3, -0.25) is 14.5 Å². The molecule has 0 saturated carbocycles. The second-order valence-electron chi connectivity index (χ2n) is 9.22. The minimum Gasteiger partial charge on any atom is -0.448 e. The Morgan fingerprint density at radius 2 is 1.81 bits per heavy atom. The van der Waals surface area contributed by atoms with Crippen molar-refractivity contribution in [2.45, 2.75) is 17.5 Å². The summed E-state index contributed by atoms with van der Waals surface area (Å²) in [6.07, 6.45) is -0.728. The van der Waals surface area contributed by atoms with Gasteiger partial charge in [0.1, 0.15) is 36.5 Å². The molecule has 3 N–H and O–H groups in total. The predicted octanol–water partition coefficient (Wildman–Crippen LogP) is 2.71. The van der Waals surface area contributed by atoms with Crippen LogP contribution >= 0.6 is 23.1 Å². The number of aromatic nitrogens is 1. The van der Waals surface area contributed by atoms with Gasteiger partial charge in [-0.05, 0) is 11.1 Å². The van der Waals surface area contributed by atoms with Gasteiger partial charge in [-0.2, -0.15) is 0 Å². The molecule has 11 nitrogen and oxygen atoms in total. The zero-order valence-corrected chi connectivity index (χ0v) is 24.8. The molecule has 2 amide bonds. The summed E-state index contributed by atoms with van der Waals surface area (Å²) >= 11 is 2.51. The van der Waals surface area contributed by atoms with Crippen LogP contribution in [0.25, 0.3) is 0 Å². The molecular formula is C30H27N5O6S2. The van der Waals surface area contributed by atoms with E-state index in [1.807, 2.05) is 60.7 Å². The van der Waals surface area contributed by atoms with Gasteiger partial charge in [0.15, 0.2) is 16.9 Å². The fourth-order valence-corrected chi connectivity index (χ4v) is 6.40. The van der Waals surface area contributed by atoms with Crippen LogP contribution in [0.4, 0.5) is 5.13 Å². The maximum atomic E-state index is 13.9. The smallest absolute Gasteiger partial charge is 0.357 e. The predicted molar refractivity (Wildman–Crippen MR) is 163 cm³/mol. The molecule has 2 aromatic carbocycles. The quantitative estimate of drug-likeness (QED) is 0.122.